The third-order valence-corrected chi connectivity index (χ3v) is 2.48. The van der Waals surface area contributed by atoms with Gasteiger partial charge in [-0.05, 0) is 25.3 Å². The Morgan fingerprint density at radius 3 is 2.78 bits per heavy atom. The molecule has 1 saturated heterocycles. The van der Waals surface area contributed by atoms with E-state index in [1.807, 2.05) is 0 Å². The number of primary amides is 1. The van der Waals surface area contributed by atoms with Crippen LogP contribution in [-0.4, -0.2) is 18.0 Å². The van der Waals surface area contributed by atoms with E-state index in [1.165, 1.54) is 0 Å². The van der Waals surface area contributed by atoms with Gasteiger partial charge in [0.2, 0.25) is 5.91 Å². The van der Waals surface area contributed by atoms with E-state index in [0.29, 0.717) is 5.92 Å². The van der Waals surface area contributed by atoms with Crippen LogP contribution < -0.4 is 11.1 Å². The fourth-order valence-electron chi connectivity index (χ4n) is 1.75. The van der Waals surface area contributed by atoms with Crippen LogP contribution in [0.15, 0.2) is 0 Å². The lowest BCUT2D eigenvalue weighted by Crippen LogP contribution is -2.41. The molecule has 1 aliphatic heterocycles. The largest absolute Gasteiger partial charge is 0.368 e. The van der Waals surface area contributed by atoms with Crippen molar-refractivity contribution in [2.45, 2.75) is 18.4 Å². The second-order valence-electron chi connectivity index (χ2n) is 2.95. The Morgan fingerprint density at radius 1 is 1.78 bits per heavy atom. The zero-order valence-electron chi connectivity index (χ0n) is 5.18. The van der Waals surface area contributed by atoms with Crippen molar-refractivity contribution in [1.29, 1.82) is 0 Å². The molecule has 1 aliphatic carbocycles. The normalized spacial score (nSPS) is 46.4. The Morgan fingerprint density at radius 2 is 2.56 bits per heavy atom. The van der Waals surface area contributed by atoms with E-state index in [2.05, 4.69) is 5.32 Å². The van der Waals surface area contributed by atoms with E-state index in [-0.39, 0.29) is 11.4 Å². The van der Waals surface area contributed by atoms with Crippen molar-refractivity contribution in [3.8, 4) is 0 Å². The van der Waals surface area contributed by atoms with Gasteiger partial charge in [-0.1, -0.05) is 0 Å². The van der Waals surface area contributed by atoms with Crippen molar-refractivity contribution in [2.75, 3.05) is 6.54 Å². The van der Waals surface area contributed by atoms with Crippen LogP contribution in [0.5, 0.6) is 0 Å². The van der Waals surface area contributed by atoms with Crippen LogP contribution in [0.1, 0.15) is 12.8 Å². The van der Waals surface area contributed by atoms with E-state index < -0.39 is 0 Å². The van der Waals surface area contributed by atoms with Gasteiger partial charge >= 0.3 is 0 Å². The highest BCUT2D eigenvalue weighted by Gasteiger charge is 2.61. The molecule has 2 aliphatic rings. The van der Waals surface area contributed by atoms with Crippen LogP contribution in [0.4, 0.5) is 0 Å². The first kappa shape index (κ1) is 5.23. The van der Waals surface area contributed by atoms with Crippen LogP contribution >= 0.6 is 0 Å². The minimum absolute atomic E-state index is 0.162. The van der Waals surface area contributed by atoms with E-state index >= 15 is 0 Å². The van der Waals surface area contributed by atoms with Gasteiger partial charge in [0.05, 0.1) is 0 Å². The van der Waals surface area contributed by atoms with E-state index in [1.54, 1.807) is 0 Å². The van der Waals surface area contributed by atoms with E-state index in [0.717, 1.165) is 19.4 Å². The summed E-state index contributed by atoms with van der Waals surface area (Å²) in [6, 6.07) is 0. The molecule has 0 aromatic carbocycles. The van der Waals surface area contributed by atoms with Gasteiger partial charge < -0.3 is 11.1 Å². The zero-order chi connectivity index (χ0) is 6.48. The summed E-state index contributed by atoms with van der Waals surface area (Å²) in [5.74, 6) is 0.403. The van der Waals surface area contributed by atoms with Crippen molar-refractivity contribution in [3.05, 3.63) is 0 Å². The van der Waals surface area contributed by atoms with Gasteiger partial charge in [0.25, 0.3) is 0 Å². The number of carbonyl (C=O) groups is 1. The number of piperidine rings is 1. The molecule has 1 saturated carbocycles. The van der Waals surface area contributed by atoms with Crippen molar-refractivity contribution in [3.63, 3.8) is 0 Å². The molecular weight excluding hydrogens is 116 g/mol. The number of nitrogens with one attached hydrogen (secondary N) is 1. The minimum atomic E-state index is -0.250. The number of carbonyl (C=O) groups excluding carboxylic acids is 1. The SMILES string of the molecule is NC(=O)C12CC1CCN2. The minimum Gasteiger partial charge on any atom is -0.368 e. The number of fused-ring (bicyclic) bond motifs is 1. The number of amides is 1. The van der Waals surface area contributed by atoms with Gasteiger partial charge in [0.15, 0.2) is 0 Å². The first-order valence-corrected chi connectivity index (χ1v) is 3.31. The zero-order valence-corrected chi connectivity index (χ0v) is 5.18. The maximum Gasteiger partial charge on any atom is 0.238 e. The van der Waals surface area contributed by atoms with Gasteiger partial charge in [-0.15, -0.1) is 0 Å². The van der Waals surface area contributed by atoms with Crippen molar-refractivity contribution < 1.29 is 4.79 Å². The highest BCUT2D eigenvalue weighted by atomic mass is 16.1. The standard InChI is InChI=1S/C6H10N2O/c7-5(9)6-3-4(6)1-2-8-6/h4,8H,1-3H2,(H2,7,9). The predicted molar refractivity (Wildman–Crippen MR) is 32.7 cm³/mol. The summed E-state index contributed by atoms with van der Waals surface area (Å²) < 4.78 is 0. The maximum absolute atomic E-state index is 10.7. The summed E-state index contributed by atoms with van der Waals surface area (Å²) in [6.45, 7) is 0.966. The average molecular weight is 126 g/mol. The molecule has 0 bridgehead atoms. The fraction of sp³-hybridized carbons (Fsp3) is 0.833. The predicted octanol–water partition coefficient (Wildman–Crippen LogP) is -0.776. The highest BCUT2D eigenvalue weighted by molar-refractivity contribution is 5.89. The van der Waals surface area contributed by atoms with Crippen LogP contribution in [0.3, 0.4) is 0 Å². The highest BCUT2D eigenvalue weighted by Crippen LogP contribution is 2.49. The van der Waals surface area contributed by atoms with Crippen LogP contribution in [0.2, 0.25) is 0 Å². The lowest BCUT2D eigenvalue weighted by Gasteiger charge is -2.05. The smallest absolute Gasteiger partial charge is 0.238 e. The molecule has 3 nitrogen and oxygen atoms in total. The van der Waals surface area contributed by atoms with Crippen molar-refractivity contribution in [2.24, 2.45) is 11.7 Å². The van der Waals surface area contributed by atoms with Gasteiger partial charge in [-0.3, -0.25) is 4.79 Å². The van der Waals surface area contributed by atoms with Crippen molar-refractivity contribution in [1.82, 2.24) is 5.32 Å². The molecule has 0 spiro atoms. The molecule has 9 heavy (non-hydrogen) atoms. The summed E-state index contributed by atoms with van der Waals surface area (Å²) in [5.41, 5.74) is 4.92. The van der Waals surface area contributed by atoms with Crippen molar-refractivity contribution >= 4 is 5.91 Å². The number of rotatable bonds is 1. The summed E-state index contributed by atoms with van der Waals surface area (Å²) in [7, 11) is 0. The summed E-state index contributed by atoms with van der Waals surface area (Å²) >= 11 is 0. The molecule has 3 heteroatoms. The number of hydrogen-bond donors (Lipinski definition) is 2. The average Bonchev–Trinajstić information content (AvgIpc) is 2.38. The summed E-state index contributed by atoms with van der Waals surface area (Å²) in [6.07, 6.45) is 2.10. The molecule has 3 N–H and O–H groups in total. The lowest BCUT2D eigenvalue weighted by atomic mass is 10.2. The third kappa shape index (κ3) is 0.477. The number of hydrogen-bond acceptors (Lipinski definition) is 2. The quantitative estimate of drug-likeness (QED) is 0.484. The molecule has 2 rings (SSSR count). The topological polar surface area (TPSA) is 55.1 Å². The lowest BCUT2D eigenvalue weighted by molar-refractivity contribution is -0.120. The Hall–Kier alpha value is -0.570. The number of nitrogens with two attached hydrogens (primary N) is 1. The van der Waals surface area contributed by atoms with Crippen LogP contribution in [-0.2, 0) is 4.79 Å². The van der Waals surface area contributed by atoms with Crippen LogP contribution in [0.25, 0.3) is 0 Å². The second kappa shape index (κ2) is 1.29. The Kier molecular flexibility index (Phi) is 0.750. The molecule has 1 heterocycles. The summed E-state index contributed by atoms with van der Waals surface area (Å²) in [4.78, 5) is 10.7. The molecule has 1 amide bonds. The maximum atomic E-state index is 10.7. The Balaban J connectivity index is 2.19. The van der Waals surface area contributed by atoms with Gasteiger partial charge in [-0.25, -0.2) is 0 Å². The second-order valence-corrected chi connectivity index (χ2v) is 2.95. The third-order valence-electron chi connectivity index (χ3n) is 2.48. The molecule has 2 atom stereocenters. The molecule has 2 fully saturated rings. The molecule has 0 aromatic rings. The van der Waals surface area contributed by atoms with E-state index in [9.17, 15) is 4.79 Å². The first-order chi connectivity index (χ1) is 4.26. The molecular formula is C6H10N2O. The van der Waals surface area contributed by atoms with Gasteiger partial charge in [0, 0.05) is 0 Å². The molecule has 0 radical (unpaired) electrons. The fourth-order valence-corrected chi connectivity index (χ4v) is 1.75. The van der Waals surface area contributed by atoms with Gasteiger partial charge in [0.1, 0.15) is 5.54 Å². The molecule has 50 valence electrons. The Bertz CT molecular complexity index is 168. The first-order valence-electron chi connectivity index (χ1n) is 3.31. The van der Waals surface area contributed by atoms with Gasteiger partial charge in [-0.2, -0.15) is 0 Å². The molecule has 2 unspecified atom stereocenters. The summed E-state index contributed by atoms with van der Waals surface area (Å²) in [5, 5.41) is 3.13. The monoisotopic (exact) mass is 126 g/mol. The van der Waals surface area contributed by atoms with E-state index in [4.69, 9.17) is 5.73 Å². The van der Waals surface area contributed by atoms with Crippen LogP contribution in [0, 0.1) is 5.92 Å². The molecule has 0 aromatic heterocycles. The Labute approximate surface area is 53.6 Å².